The number of amidine groups is 1. The highest BCUT2D eigenvalue weighted by Crippen LogP contribution is 2.14. The van der Waals surface area contributed by atoms with Crippen LogP contribution in [0.1, 0.15) is 21.5 Å². The van der Waals surface area contributed by atoms with Gasteiger partial charge in [-0.25, -0.2) is 0 Å². The van der Waals surface area contributed by atoms with E-state index in [-0.39, 0.29) is 17.7 Å². The molecule has 5 nitrogen and oxygen atoms in total. The zero-order chi connectivity index (χ0) is 12.1. The van der Waals surface area contributed by atoms with Crippen LogP contribution in [0.4, 0.5) is 0 Å². The average molecular weight is 241 g/mol. The van der Waals surface area contributed by atoms with Gasteiger partial charge in [0.05, 0.1) is 4.88 Å². The third-order valence-corrected chi connectivity index (χ3v) is 3.15. The van der Waals surface area contributed by atoms with Crippen molar-refractivity contribution >= 4 is 23.1 Å². The second kappa shape index (κ2) is 5.50. The Hall–Kier alpha value is -1.56. The molecule has 0 saturated carbocycles. The van der Waals surface area contributed by atoms with Crippen LogP contribution in [0.15, 0.2) is 17.3 Å². The molecule has 0 aliphatic carbocycles. The van der Waals surface area contributed by atoms with Gasteiger partial charge in [-0.05, 0) is 19.1 Å². The fourth-order valence-corrected chi connectivity index (χ4v) is 1.88. The van der Waals surface area contributed by atoms with Crippen LogP contribution in [-0.4, -0.2) is 23.5 Å². The Kier molecular flexibility index (Phi) is 4.30. The molecule has 88 valence electrons. The number of nitrogens with zero attached hydrogens (tertiary/aromatic N) is 1. The van der Waals surface area contributed by atoms with Gasteiger partial charge in [-0.3, -0.25) is 4.79 Å². The monoisotopic (exact) mass is 241 g/mol. The van der Waals surface area contributed by atoms with Gasteiger partial charge in [-0.1, -0.05) is 12.1 Å². The Morgan fingerprint density at radius 3 is 2.88 bits per heavy atom. The predicted octanol–water partition coefficient (Wildman–Crippen LogP) is 1.17. The normalized spacial score (nSPS) is 13.5. The number of carbonyl (C=O) groups is 1. The summed E-state index contributed by atoms with van der Waals surface area (Å²) in [5, 5.41) is 14.1. The first-order valence-electron chi connectivity index (χ1n) is 4.86. The van der Waals surface area contributed by atoms with Crippen LogP contribution < -0.4 is 11.1 Å². The Morgan fingerprint density at radius 1 is 1.69 bits per heavy atom. The van der Waals surface area contributed by atoms with Gasteiger partial charge in [-0.15, -0.1) is 11.3 Å². The zero-order valence-corrected chi connectivity index (χ0v) is 10.0. The summed E-state index contributed by atoms with van der Waals surface area (Å²) >= 11 is 1.44. The molecule has 0 aliphatic rings. The zero-order valence-electron chi connectivity index (χ0n) is 9.23. The molecule has 0 bridgehead atoms. The molecule has 16 heavy (non-hydrogen) atoms. The van der Waals surface area contributed by atoms with Crippen LogP contribution in [0, 0.1) is 12.8 Å². The first-order chi connectivity index (χ1) is 7.54. The maximum absolute atomic E-state index is 11.6. The Bertz CT molecular complexity index is 401. The first kappa shape index (κ1) is 12.5. The summed E-state index contributed by atoms with van der Waals surface area (Å²) in [5.74, 6) is -0.201. The van der Waals surface area contributed by atoms with Crippen molar-refractivity contribution in [1.29, 1.82) is 0 Å². The summed E-state index contributed by atoms with van der Waals surface area (Å²) < 4.78 is 0. The minimum Gasteiger partial charge on any atom is -0.409 e. The van der Waals surface area contributed by atoms with Gasteiger partial charge < -0.3 is 16.3 Å². The van der Waals surface area contributed by atoms with Crippen LogP contribution in [0.25, 0.3) is 0 Å². The fraction of sp³-hybridized carbons (Fsp3) is 0.400. The van der Waals surface area contributed by atoms with Crippen molar-refractivity contribution in [2.24, 2.45) is 16.8 Å². The highest BCUT2D eigenvalue weighted by Gasteiger charge is 2.11. The number of amides is 1. The molecule has 0 radical (unpaired) electrons. The molecule has 0 fully saturated rings. The molecule has 1 aromatic rings. The second-order valence-corrected chi connectivity index (χ2v) is 4.83. The molecule has 6 heteroatoms. The maximum Gasteiger partial charge on any atom is 0.261 e. The van der Waals surface area contributed by atoms with E-state index in [1.54, 1.807) is 13.0 Å². The van der Waals surface area contributed by atoms with Crippen molar-refractivity contribution in [3.8, 4) is 0 Å². The molecular formula is C10H15N3O2S. The van der Waals surface area contributed by atoms with Crippen molar-refractivity contribution in [1.82, 2.24) is 5.32 Å². The maximum atomic E-state index is 11.6. The summed E-state index contributed by atoms with van der Waals surface area (Å²) in [6.07, 6.45) is 0. The van der Waals surface area contributed by atoms with E-state index >= 15 is 0 Å². The second-order valence-electron chi connectivity index (χ2n) is 3.55. The largest absolute Gasteiger partial charge is 0.409 e. The summed E-state index contributed by atoms with van der Waals surface area (Å²) in [4.78, 5) is 13.4. The van der Waals surface area contributed by atoms with E-state index < -0.39 is 0 Å². The standard InChI is InChI=1S/C10H15N3O2S/c1-6(9(11)13-15)5-12-10(14)8-4-3-7(2)16-8/h3-4,6,15H,5H2,1-2H3,(H2,11,13)(H,12,14). The summed E-state index contributed by atoms with van der Waals surface area (Å²) in [5.41, 5.74) is 5.40. The van der Waals surface area contributed by atoms with Gasteiger partial charge in [0.25, 0.3) is 5.91 Å². The lowest BCUT2D eigenvalue weighted by Crippen LogP contribution is -2.34. The molecule has 0 aliphatic heterocycles. The molecule has 4 N–H and O–H groups in total. The number of thiophene rings is 1. The Morgan fingerprint density at radius 2 is 2.38 bits per heavy atom. The van der Waals surface area contributed by atoms with Crippen LogP contribution >= 0.6 is 11.3 Å². The van der Waals surface area contributed by atoms with Crippen LogP contribution in [0.2, 0.25) is 0 Å². The van der Waals surface area contributed by atoms with Crippen molar-refractivity contribution in [2.75, 3.05) is 6.54 Å². The van der Waals surface area contributed by atoms with E-state index in [0.29, 0.717) is 11.4 Å². The van der Waals surface area contributed by atoms with Crippen molar-refractivity contribution in [3.05, 3.63) is 21.9 Å². The number of hydrogen-bond acceptors (Lipinski definition) is 4. The molecule has 0 aromatic carbocycles. The van der Waals surface area contributed by atoms with Gasteiger partial charge in [0.2, 0.25) is 0 Å². The molecule has 1 rings (SSSR count). The molecule has 1 amide bonds. The lowest BCUT2D eigenvalue weighted by molar-refractivity contribution is 0.0955. The number of nitrogens with two attached hydrogens (primary N) is 1. The topological polar surface area (TPSA) is 87.7 Å². The number of rotatable bonds is 4. The number of oxime groups is 1. The van der Waals surface area contributed by atoms with Crippen LogP contribution in [0.3, 0.4) is 0 Å². The lowest BCUT2D eigenvalue weighted by atomic mass is 10.1. The van der Waals surface area contributed by atoms with E-state index in [1.165, 1.54) is 11.3 Å². The molecule has 1 aromatic heterocycles. The lowest BCUT2D eigenvalue weighted by Gasteiger charge is -2.09. The third kappa shape index (κ3) is 3.23. The summed E-state index contributed by atoms with van der Waals surface area (Å²) in [6, 6.07) is 3.68. The molecular weight excluding hydrogens is 226 g/mol. The SMILES string of the molecule is Cc1ccc(C(=O)NCC(C)C(N)=NO)s1. The minimum absolute atomic E-state index is 0.114. The Labute approximate surface area is 98.0 Å². The van der Waals surface area contributed by atoms with Gasteiger partial charge in [0.15, 0.2) is 0 Å². The van der Waals surface area contributed by atoms with Gasteiger partial charge in [0, 0.05) is 17.3 Å². The number of hydrogen-bond donors (Lipinski definition) is 3. The van der Waals surface area contributed by atoms with Gasteiger partial charge in [-0.2, -0.15) is 0 Å². The van der Waals surface area contributed by atoms with E-state index in [2.05, 4.69) is 10.5 Å². The highest BCUT2D eigenvalue weighted by atomic mass is 32.1. The molecule has 1 heterocycles. The molecule has 0 saturated heterocycles. The van der Waals surface area contributed by atoms with Crippen molar-refractivity contribution in [3.63, 3.8) is 0 Å². The smallest absolute Gasteiger partial charge is 0.261 e. The highest BCUT2D eigenvalue weighted by molar-refractivity contribution is 7.13. The number of nitrogens with one attached hydrogen (secondary N) is 1. The quantitative estimate of drug-likeness (QED) is 0.320. The molecule has 1 unspecified atom stereocenters. The Balaban J connectivity index is 2.47. The molecule has 0 spiro atoms. The van der Waals surface area contributed by atoms with E-state index in [9.17, 15) is 4.79 Å². The minimum atomic E-state index is -0.185. The van der Waals surface area contributed by atoms with Crippen molar-refractivity contribution in [2.45, 2.75) is 13.8 Å². The van der Waals surface area contributed by atoms with Crippen LogP contribution in [-0.2, 0) is 0 Å². The third-order valence-electron chi connectivity index (χ3n) is 2.15. The summed E-state index contributed by atoms with van der Waals surface area (Å²) in [7, 11) is 0. The predicted molar refractivity (Wildman–Crippen MR) is 64.0 cm³/mol. The van der Waals surface area contributed by atoms with Gasteiger partial charge >= 0.3 is 0 Å². The first-order valence-corrected chi connectivity index (χ1v) is 5.68. The van der Waals surface area contributed by atoms with Crippen molar-refractivity contribution < 1.29 is 10.0 Å². The summed E-state index contributed by atoms with van der Waals surface area (Å²) in [6.45, 7) is 4.07. The number of aryl methyl sites for hydroxylation is 1. The fourth-order valence-electron chi connectivity index (χ4n) is 1.09. The van der Waals surface area contributed by atoms with E-state index in [1.807, 2.05) is 13.0 Å². The average Bonchev–Trinajstić information content (AvgIpc) is 2.71. The van der Waals surface area contributed by atoms with Crippen LogP contribution in [0.5, 0.6) is 0 Å². The van der Waals surface area contributed by atoms with E-state index in [4.69, 9.17) is 10.9 Å². The molecule has 1 atom stereocenters. The van der Waals surface area contributed by atoms with E-state index in [0.717, 1.165) is 4.88 Å². The van der Waals surface area contributed by atoms with Gasteiger partial charge in [0.1, 0.15) is 5.84 Å². The number of carbonyl (C=O) groups excluding carboxylic acids is 1.